The van der Waals surface area contributed by atoms with Crippen molar-refractivity contribution in [2.45, 2.75) is 33.2 Å². The van der Waals surface area contributed by atoms with Crippen molar-refractivity contribution in [3.63, 3.8) is 0 Å². The van der Waals surface area contributed by atoms with Gasteiger partial charge in [-0.3, -0.25) is 0 Å². The highest BCUT2D eigenvalue weighted by atomic mass is 15.0. The number of benzene rings is 1. The maximum atomic E-state index is 5.56. The lowest BCUT2D eigenvalue weighted by atomic mass is 10.1. The van der Waals surface area contributed by atoms with Gasteiger partial charge in [0.25, 0.3) is 0 Å². The lowest BCUT2D eigenvalue weighted by Gasteiger charge is -2.04. The zero-order chi connectivity index (χ0) is 11.5. The second-order valence-corrected chi connectivity index (χ2v) is 4.35. The Morgan fingerprint density at radius 2 is 2.12 bits per heavy atom. The minimum atomic E-state index is 0.756. The van der Waals surface area contributed by atoms with E-state index in [4.69, 9.17) is 5.73 Å². The normalized spacial score (nSPS) is 11.2. The number of aryl methyl sites for hydroxylation is 3. The molecule has 0 aliphatic carbocycles. The maximum Gasteiger partial charge on any atom is 0.0483 e. The Morgan fingerprint density at radius 3 is 2.81 bits per heavy atom. The molecule has 1 aromatic carbocycles. The lowest BCUT2D eigenvalue weighted by molar-refractivity contribution is 0.670. The largest absolute Gasteiger partial charge is 0.347 e. The number of rotatable bonds is 4. The average Bonchev–Trinajstić information content (AvgIpc) is 2.63. The molecule has 2 N–H and O–H groups in total. The van der Waals surface area contributed by atoms with Crippen LogP contribution in [0, 0.1) is 6.92 Å². The topological polar surface area (TPSA) is 30.9 Å². The van der Waals surface area contributed by atoms with Gasteiger partial charge in [-0.2, -0.15) is 0 Å². The van der Waals surface area contributed by atoms with Gasteiger partial charge in [-0.25, -0.2) is 0 Å². The molecule has 0 spiro atoms. The summed E-state index contributed by atoms with van der Waals surface area (Å²) in [6.45, 7) is 6.15. The summed E-state index contributed by atoms with van der Waals surface area (Å²) in [6.07, 6.45) is 4.38. The number of nitrogens with two attached hydrogens (primary N) is 1. The number of hydrogen-bond acceptors (Lipinski definition) is 1. The van der Waals surface area contributed by atoms with E-state index in [0.29, 0.717) is 0 Å². The molecule has 0 bridgehead atoms. The molecule has 0 aliphatic rings. The third-order valence-corrected chi connectivity index (χ3v) is 3.16. The molecule has 0 amide bonds. The maximum absolute atomic E-state index is 5.56. The minimum Gasteiger partial charge on any atom is -0.347 e. The van der Waals surface area contributed by atoms with E-state index in [-0.39, 0.29) is 0 Å². The lowest BCUT2D eigenvalue weighted by Crippen LogP contribution is -2.04. The fourth-order valence-electron chi connectivity index (χ4n) is 2.19. The molecular formula is C14H20N2. The molecule has 0 unspecified atom stereocenters. The SMILES string of the molecule is CCc1ccc2c(c1)c(C)cn2CCCN. The predicted molar refractivity (Wildman–Crippen MR) is 69.7 cm³/mol. The van der Waals surface area contributed by atoms with Crippen molar-refractivity contribution in [1.82, 2.24) is 4.57 Å². The van der Waals surface area contributed by atoms with Crippen molar-refractivity contribution < 1.29 is 0 Å². The van der Waals surface area contributed by atoms with E-state index in [1.165, 1.54) is 22.0 Å². The second kappa shape index (κ2) is 4.71. The van der Waals surface area contributed by atoms with Crippen molar-refractivity contribution >= 4 is 10.9 Å². The molecule has 2 rings (SSSR count). The van der Waals surface area contributed by atoms with Gasteiger partial charge in [-0.1, -0.05) is 13.0 Å². The van der Waals surface area contributed by atoms with Crippen LogP contribution in [0.25, 0.3) is 10.9 Å². The molecule has 16 heavy (non-hydrogen) atoms. The van der Waals surface area contributed by atoms with Crippen molar-refractivity contribution in [2.24, 2.45) is 5.73 Å². The summed E-state index contributed by atoms with van der Waals surface area (Å²) in [6, 6.07) is 6.77. The summed E-state index contributed by atoms with van der Waals surface area (Å²) in [5.41, 5.74) is 9.67. The van der Waals surface area contributed by atoms with E-state index >= 15 is 0 Å². The van der Waals surface area contributed by atoms with E-state index < -0.39 is 0 Å². The number of aromatic nitrogens is 1. The molecule has 1 aromatic heterocycles. The molecule has 0 saturated carbocycles. The Balaban J connectivity index is 2.45. The van der Waals surface area contributed by atoms with E-state index in [9.17, 15) is 0 Å². The first-order chi connectivity index (χ1) is 7.76. The average molecular weight is 216 g/mol. The molecular weight excluding hydrogens is 196 g/mol. The van der Waals surface area contributed by atoms with Crippen LogP contribution >= 0.6 is 0 Å². The van der Waals surface area contributed by atoms with E-state index in [2.05, 4.69) is 42.8 Å². The van der Waals surface area contributed by atoms with Crippen molar-refractivity contribution in [2.75, 3.05) is 6.54 Å². The quantitative estimate of drug-likeness (QED) is 0.837. The van der Waals surface area contributed by atoms with Gasteiger partial charge in [0.2, 0.25) is 0 Å². The van der Waals surface area contributed by atoms with Crippen LogP contribution in [0.5, 0.6) is 0 Å². The third kappa shape index (κ3) is 1.98. The standard InChI is InChI=1S/C14H20N2/c1-3-12-5-6-14-13(9-12)11(2)10-16(14)8-4-7-15/h5-6,9-10H,3-4,7-8,15H2,1-2H3. The molecule has 2 nitrogen and oxygen atoms in total. The minimum absolute atomic E-state index is 0.756. The Kier molecular flexibility index (Phi) is 3.30. The highest BCUT2D eigenvalue weighted by Crippen LogP contribution is 2.22. The highest BCUT2D eigenvalue weighted by Gasteiger charge is 2.05. The van der Waals surface area contributed by atoms with Crippen LogP contribution in [0.2, 0.25) is 0 Å². The molecule has 0 aliphatic heterocycles. The van der Waals surface area contributed by atoms with Gasteiger partial charge in [0.15, 0.2) is 0 Å². The first-order valence-corrected chi connectivity index (χ1v) is 6.04. The fourth-order valence-corrected chi connectivity index (χ4v) is 2.19. The molecule has 2 aromatic rings. The van der Waals surface area contributed by atoms with Crippen LogP contribution in [0.1, 0.15) is 24.5 Å². The molecule has 2 heteroatoms. The highest BCUT2D eigenvalue weighted by molar-refractivity contribution is 5.84. The monoisotopic (exact) mass is 216 g/mol. The van der Waals surface area contributed by atoms with Gasteiger partial charge in [0.05, 0.1) is 0 Å². The van der Waals surface area contributed by atoms with Crippen LogP contribution in [-0.4, -0.2) is 11.1 Å². The van der Waals surface area contributed by atoms with Gasteiger partial charge in [-0.15, -0.1) is 0 Å². The van der Waals surface area contributed by atoms with Crippen molar-refractivity contribution in [1.29, 1.82) is 0 Å². The Labute approximate surface area is 97.1 Å². The summed E-state index contributed by atoms with van der Waals surface area (Å²) in [4.78, 5) is 0. The number of fused-ring (bicyclic) bond motifs is 1. The smallest absolute Gasteiger partial charge is 0.0483 e. The van der Waals surface area contributed by atoms with E-state index in [1.54, 1.807) is 0 Å². The van der Waals surface area contributed by atoms with Crippen LogP contribution in [-0.2, 0) is 13.0 Å². The number of nitrogens with zero attached hydrogens (tertiary/aromatic N) is 1. The summed E-state index contributed by atoms with van der Waals surface area (Å²) in [5.74, 6) is 0. The summed E-state index contributed by atoms with van der Waals surface area (Å²) in [5, 5.41) is 1.39. The molecule has 0 atom stereocenters. The number of hydrogen-bond donors (Lipinski definition) is 1. The zero-order valence-electron chi connectivity index (χ0n) is 10.2. The van der Waals surface area contributed by atoms with Crippen LogP contribution in [0.3, 0.4) is 0 Å². The molecule has 1 heterocycles. The van der Waals surface area contributed by atoms with Gasteiger partial charge >= 0.3 is 0 Å². The van der Waals surface area contributed by atoms with Crippen molar-refractivity contribution in [3.8, 4) is 0 Å². The Hall–Kier alpha value is -1.28. The molecule has 86 valence electrons. The Morgan fingerprint density at radius 1 is 1.31 bits per heavy atom. The first-order valence-electron chi connectivity index (χ1n) is 6.04. The van der Waals surface area contributed by atoms with Gasteiger partial charge < -0.3 is 10.3 Å². The molecule has 0 fully saturated rings. The van der Waals surface area contributed by atoms with Crippen LogP contribution in [0.4, 0.5) is 0 Å². The first kappa shape index (κ1) is 11.2. The van der Waals surface area contributed by atoms with Gasteiger partial charge in [-0.05, 0) is 49.6 Å². The van der Waals surface area contributed by atoms with Gasteiger partial charge in [0.1, 0.15) is 0 Å². The summed E-state index contributed by atoms with van der Waals surface area (Å²) >= 11 is 0. The Bertz CT molecular complexity index is 483. The molecule has 0 radical (unpaired) electrons. The van der Waals surface area contributed by atoms with Crippen LogP contribution in [0.15, 0.2) is 24.4 Å². The van der Waals surface area contributed by atoms with Crippen LogP contribution < -0.4 is 5.73 Å². The fraction of sp³-hybridized carbons (Fsp3) is 0.429. The molecule has 0 saturated heterocycles. The predicted octanol–water partition coefficient (Wildman–Crippen LogP) is 2.86. The summed E-state index contributed by atoms with van der Waals surface area (Å²) in [7, 11) is 0. The third-order valence-electron chi connectivity index (χ3n) is 3.16. The summed E-state index contributed by atoms with van der Waals surface area (Å²) < 4.78 is 2.32. The van der Waals surface area contributed by atoms with E-state index in [0.717, 1.165) is 25.9 Å². The van der Waals surface area contributed by atoms with Gasteiger partial charge in [0, 0.05) is 23.6 Å². The van der Waals surface area contributed by atoms with E-state index in [1.807, 2.05) is 0 Å². The second-order valence-electron chi connectivity index (χ2n) is 4.35. The zero-order valence-corrected chi connectivity index (χ0v) is 10.2. The van der Waals surface area contributed by atoms with Crippen molar-refractivity contribution in [3.05, 3.63) is 35.5 Å².